The number of imidazole rings is 1. The van der Waals surface area contributed by atoms with E-state index in [2.05, 4.69) is 4.98 Å². The summed E-state index contributed by atoms with van der Waals surface area (Å²) in [7, 11) is 0. The lowest BCUT2D eigenvalue weighted by atomic mass is 10.2. The predicted molar refractivity (Wildman–Crippen MR) is 85.2 cm³/mol. The summed E-state index contributed by atoms with van der Waals surface area (Å²) in [5.41, 5.74) is 9.46. The molecule has 1 aromatic heterocycles. The van der Waals surface area contributed by atoms with Crippen molar-refractivity contribution in [2.45, 2.75) is 6.92 Å². The molecule has 0 saturated heterocycles. The molecule has 20 heavy (non-hydrogen) atoms. The van der Waals surface area contributed by atoms with Crippen molar-refractivity contribution in [3.05, 3.63) is 51.0 Å². The fourth-order valence-corrected chi connectivity index (χ4v) is 2.87. The second-order valence-corrected chi connectivity index (χ2v) is 5.69. The molecule has 0 saturated carbocycles. The number of anilines is 1. The SMILES string of the molecule is Cc1cccc2nc(N)n(-c3cc(Cl)c(Cl)cc3Cl)c12. The number of hydrogen-bond donors (Lipinski definition) is 1. The highest BCUT2D eigenvalue weighted by Crippen LogP contribution is 2.35. The number of rotatable bonds is 1. The number of aromatic nitrogens is 2. The number of para-hydroxylation sites is 1. The molecule has 6 heteroatoms. The van der Waals surface area contributed by atoms with E-state index in [-0.39, 0.29) is 0 Å². The Morgan fingerprint density at radius 1 is 1.05 bits per heavy atom. The molecule has 2 aromatic carbocycles. The summed E-state index contributed by atoms with van der Waals surface area (Å²) in [6.45, 7) is 1.99. The minimum absolute atomic E-state index is 0.356. The molecule has 0 atom stereocenters. The van der Waals surface area contributed by atoms with Gasteiger partial charge < -0.3 is 5.73 Å². The summed E-state index contributed by atoms with van der Waals surface area (Å²) in [5, 5.41) is 1.29. The molecule has 0 spiro atoms. The van der Waals surface area contributed by atoms with Gasteiger partial charge in [0.15, 0.2) is 0 Å². The first-order valence-electron chi connectivity index (χ1n) is 5.87. The van der Waals surface area contributed by atoms with Crippen LogP contribution in [-0.2, 0) is 0 Å². The molecule has 0 unspecified atom stereocenters. The zero-order valence-electron chi connectivity index (χ0n) is 10.5. The molecule has 3 aromatic rings. The Kier molecular flexibility index (Phi) is 3.28. The van der Waals surface area contributed by atoms with Gasteiger partial charge in [-0.05, 0) is 30.7 Å². The molecule has 0 aliphatic rings. The van der Waals surface area contributed by atoms with E-state index in [1.807, 2.05) is 25.1 Å². The lowest BCUT2D eigenvalue weighted by Crippen LogP contribution is -2.02. The first kappa shape index (κ1) is 13.6. The zero-order valence-corrected chi connectivity index (χ0v) is 12.8. The maximum atomic E-state index is 6.27. The summed E-state index contributed by atoms with van der Waals surface area (Å²) in [6, 6.07) is 9.12. The van der Waals surface area contributed by atoms with Crippen LogP contribution in [0.5, 0.6) is 0 Å². The number of hydrogen-bond acceptors (Lipinski definition) is 2. The topological polar surface area (TPSA) is 43.8 Å². The number of benzene rings is 2. The lowest BCUT2D eigenvalue weighted by Gasteiger charge is -2.11. The van der Waals surface area contributed by atoms with Crippen LogP contribution in [0.15, 0.2) is 30.3 Å². The van der Waals surface area contributed by atoms with Gasteiger partial charge in [0, 0.05) is 0 Å². The number of nitrogens with zero attached hydrogens (tertiary/aromatic N) is 2. The van der Waals surface area contributed by atoms with Gasteiger partial charge in [-0.25, -0.2) is 4.98 Å². The average Bonchev–Trinajstić information content (AvgIpc) is 2.71. The third-order valence-corrected chi connectivity index (χ3v) is 4.16. The van der Waals surface area contributed by atoms with Crippen molar-refractivity contribution in [3.8, 4) is 5.69 Å². The van der Waals surface area contributed by atoms with Crippen LogP contribution in [0.1, 0.15) is 5.56 Å². The number of aryl methyl sites for hydroxylation is 1. The largest absolute Gasteiger partial charge is 0.369 e. The summed E-state index contributed by atoms with van der Waals surface area (Å²) >= 11 is 18.3. The molecule has 1 heterocycles. The first-order valence-corrected chi connectivity index (χ1v) is 7.01. The molecule has 0 fully saturated rings. The van der Waals surface area contributed by atoms with Crippen molar-refractivity contribution < 1.29 is 0 Å². The van der Waals surface area contributed by atoms with Gasteiger partial charge in [-0.1, -0.05) is 46.9 Å². The highest BCUT2D eigenvalue weighted by atomic mass is 35.5. The zero-order chi connectivity index (χ0) is 14.4. The van der Waals surface area contributed by atoms with E-state index in [4.69, 9.17) is 40.5 Å². The molecular formula is C14H10Cl3N3. The molecule has 0 bridgehead atoms. The lowest BCUT2D eigenvalue weighted by molar-refractivity contribution is 1.10. The normalized spacial score (nSPS) is 11.2. The van der Waals surface area contributed by atoms with Crippen molar-refractivity contribution in [3.63, 3.8) is 0 Å². The smallest absolute Gasteiger partial charge is 0.205 e. The Bertz CT molecular complexity index is 824. The van der Waals surface area contributed by atoms with Gasteiger partial charge in [-0.2, -0.15) is 0 Å². The van der Waals surface area contributed by atoms with Crippen LogP contribution >= 0.6 is 34.8 Å². The Hall–Kier alpha value is -1.42. The predicted octanol–water partition coefficient (Wildman–Crippen LogP) is 4.88. The molecule has 2 N–H and O–H groups in total. The van der Waals surface area contributed by atoms with E-state index in [0.717, 1.165) is 16.6 Å². The highest BCUT2D eigenvalue weighted by Gasteiger charge is 2.15. The summed E-state index contributed by atoms with van der Waals surface area (Å²) < 4.78 is 1.79. The minimum Gasteiger partial charge on any atom is -0.369 e. The van der Waals surface area contributed by atoms with Gasteiger partial charge in [0.05, 0.1) is 31.8 Å². The Labute approximate surface area is 130 Å². The third-order valence-electron chi connectivity index (χ3n) is 3.13. The van der Waals surface area contributed by atoms with Crippen molar-refractivity contribution >= 4 is 51.8 Å². The Morgan fingerprint density at radius 2 is 1.75 bits per heavy atom. The number of halogens is 3. The molecule has 0 amide bonds. The molecule has 0 radical (unpaired) electrons. The van der Waals surface area contributed by atoms with Gasteiger partial charge in [-0.15, -0.1) is 0 Å². The average molecular weight is 327 g/mol. The summed E-state index contributed by atoms with van der Waals surface area (Å²) in [5.74, 6) is 0.356. The van der Waals surface area contributed by atoms with E-state index < -0.39 is 0 Å². The second kappa shape index (κ2) is 4.85. The van der Waals surface area contributed by atoms with E-state index in [9.17, 15) is 0 Å². The van der Waals surface area contributed by atoms with Crippen molar-refractivity contribution in [2.75, 3.05) is 5.73 Å². The van der Waals surface area contributed by atoms with E-state index in [1.165, 1.54) is 0 Å². The van der Waals surface area contributed by atoms with Gasteiger partial charge in [0.2, 0.25) is 5.95 Å². The summed E-state index contributed by atoms with van der Waals surface area (Å²) in [6.07, 6.45) is 0. The molecule has 102 valence electrons. The van der Waals surface area contributed by atoms with Crippen molar-refractivity contribution in [1.29, 1.82) is 0 Å². The molecular weight excluding hydrogens is 317 g/mol. The van der Waals surface area contributed by atoms with Gasteiger partial charge >= 0.3 is 0 Å². The fourth-order valence-electron chi connectivity index (χ4n) is 2.24. The van der Waals surface area contributed by atoms with Gasteiger partial charge in [0.1, 0.15) is 0 Å². The van der Waals surface area contributed by atoms with Crippen LogP contribution in [0.25, 0.3) is 16.7 Å². The quantitative estimate of drug-likeness (QED) is 0.648. The molecule has 3 nitrogen and oxygen atoms in total. The van der Waals surface area contributed by atoms with Crippen LogP contribution in [0, 0.1) is 6.92 Å². The number of nitrogens with two attached hydrogens (primary N) is 1. The number of fused-ring (bicyclic) bond motifs is 1. The molecule has 0 aliphatic heterocycles. The molecule has 3 rings (SSSR count). The number of nitrogen functional groups attached to an aromatic ring is 1. The maximum Gasteiger partial charge on any atom is 0.205 e. The van der Waals surface area contributed by atoms with Crippen LogP contribution in [-0.4, -0.2) is 9.55 Å². The van der Waals surface area contributed by atoms with Gasteiger partial charge in [0.25, 0.3) is 0 Å². The van der Waals surface area contributed by atoms with E-state index >= 15 is 0 Å². The monoisotopic (exact) mass is 325 g/mol. The standard InChI is InChI=1S/C14H10Cl3N3/c1-7-3-2-4-11-13(7)20(14(18)19-11)12-6-9(16)8(15)5-10(12)17/h2-6H,1H3,(H2,18,19). The minimum atomic E-state index is 0.356. The van der Waals surface area contributed by atoms with Crippen LogP contribution in [0.3, 0.4) is 0 Å². The fraction of sp³-hybridized carbons (Fsp3) is 0.0714. The van der Waals surface area contributed by atoms with Crippen LogP contribution in [0.2, 0.25) is 15.1 Å². The van der Waals surface area contributed by atoms with Crippen molar-refractivity contribution in [1.82, 2.24) is 9.55 Å². The first-order chi connectivity index (χ1) is 9.49. The third kappa shape index (κ3) is 2.03. The second-order valence-electron chi connectivity index (χ2n) is 4.47. The highest BCUT2D eigenvalue weighted by molar-refractivity contribution is 6.43. The summed E-state index contributed by atoms with van der Waals surface area (Å²) in [4.78, 5) is 4.35. The van der Waals surface area contributed by atoms with E-state index in [0.29, 0.717) is 26.7 Å². The molecule has 0 aliphatic carbocycles. The van der Waals surface area contributed by atoms with E-state index in [1.54, 1.807) is 16.7 Å². The Balaban J connectivity index is 2.41. The van der Waals surface area contributed by atoms with Gasteiger partial charge in [-0.3, -0.25) is 4.57 Å². The Morgan fingerprint density at radius 3 is 2.50 bits per heavy atom. The van der Waals surface area contributed by atoms with Crippen LogP contribution in [0.4, 0.5) is 5.95 Å². The maximum absolute atomic E-state index is 6.27. The van der Waals surface area contributed by atoms with Crippen molar-refractivity contribution in [2.24, 2.45) is 0 Å². The van der Waals surface area contributed by atoms with Crippen LogP contribution < -0.4 is 5.73 Å².